The molecular weight excluding hydrogens is 466 g/mol. The van der Waals surface area contributed by atoms with Crippen LogP contribution in [0.25, 0.3) is 0 Å². The van der Waals surface area contributed by atoms with Crippen molar-refractivity contribution >= 4 is 43.8 Å². The predicted molar refractivity (Wildman–Crippen MR) is 122 cm³/mol. The number of amides is 1. The number of carbonyl (C=O) groups excluding carboxylic acids is 1. The van der Waals surface area contributed by atoms with Crippen molar-refractivity contribution in [2.45, 2.75) is 11.8 Å². The summed E-state index contributed by atoms with van der Waals surface area (Å²) >= 11 is 3.35. The molecule has 3 aromatic carbocycles. The molecule has 0 spiro atoms. The number of hydrogen-bond donors (Lipinski definition) is 1. The number of hydrazone groups is 1. The number of carbonyl (C=O) groups is 1. The van der Waals surface area contributed by atoms with E-state index in [0.717, 1.165) is 19.9 Å². The number of sulfonamides is 1. The van der Waals surface area contributed by atoms with Crippen LogP contribution in [0.1, 0.15) is 11.1 Å². The molecule has 0 aliphatic rings. The van der Waals surface area contributed by atoms with Crippen molar-refractivity contribution in [3.8, 4) is 0 Å². The first-order valence-electron chi connectivity index (χ1n) is 9.08. The Morgan fingerprint density at radius 3 is 2.27 bits per heavy atom. The second-order valence-electron chi connectivity index (χ2n) is 6.51. The van der Waals surface area contributed by atoms with Gasteiger partial charge in [0.25, 0.3) is 15.9 Å². The van der Waals surface area contributed by atoms with Crippen molar-refractivity contribution < 1.29 is 13.2 Å². The molecular formula is C22H20BrN3O3S. The minimum Gasteiger partial charge on any atom is -0.271 e. The van der Waals surface area contributed by atoms with Crippen molar-refractivity contribution in [1.82, 2.24) is 5.43 Å². The van der Waals surface area contributed by atoms with Gasteiger partial charge in [0.2, 0.25) is 0 Å². The zero-order valence-electron chi connectivity index (χ0n) is 16.2. The van der Waals surface area contributed by atoms with Crippen LogP contribution in [0.5, 0.6) is 0 Å². The van der Waals surface area contributed by atoms with Gasteiger partial charge < -0.3 is 0 Å². The molecule has 8 heteroatoms. The Labute approximate surface area is 184 Å². The number of halogens is 1. The molecule has 1 amide bonds. The van der Waals surface area contributed by atoms with E-state index in [1.54, 1.807) is 42.5 Å². The van der Waals surface area contributed by atoms with Gasteiger partial charge in [0, 0.05) is 4.47 Å². The third-order valence-electron chi connectivity index (χ3n) is 4.21. The van der Waals surface area contributed by atoms with Crippen LogP contribution in [0.2, 0.25) is 0 Å². The summed E-state index contributed by atoms with van der Waals surface area (Å²) in [6, 6.07) is 22.3. The van der Waals surface area contributed by atoms with E-state index in [2.05, 4.69) is 26.5 Å². The standard InChI is InChI=1S/C22H20BrN3O3S/c1-17-7-13-20(14-8-17)26(30(28,29)21-5-3-2-4-6-21)16-22(27)25-24-15-18-9-11-19(23)12-10-18/h2-15H,16H2,1H3,(H,25,27). The van der Waals surface area contributed by atoms with E-state index in [-0.39, 0.29) is 4.90 Å². The van der Waals surface area contributed by atoms with E-state index in [0.29, 0.717) is 5.69 Å². The first-order valence-corrected chi connectivity index (χ1v) is 11.3. The summed E-state index contributed by atoms with van der Waals surface area (Å²) in [7, 11) is -3.93. The smallest absolute Gasteiger partial charge is 0.264 e. The minimum absolute atomic E-state index is 0.108. The van der Waals surface area contributed by atoms with E-state index < -0.39 is 22.5 Å². The van der Waals surface area contributed by atoms with Crippen LogP contribution in [0.4, 0.5) is 5.69 Å². The zero-order valence-corrected chi connectivity index (χ0v) is 18.6. The molecule has 0 atom stereocenters. The lowest BCUT2D eigenvalue weighted by molar-refractivity contribution is -0.119. The highest BCUT2D eigenvalue weighted by atomic mass is 79.9. The molecule has 0 aromatic heterocycles. The van der Waals surface area contributed by atoms with E-state index in [1.165, 1.54) is 18.3 Å². The maximum Gasteiger partial charge on any atom is 0.264 e. The molecule has 6 nitrogen and oxygen atoms in total. The SMILES string of the molecule is Cc1ccc(N(CC(=O)NN=Cc2ccc(Br)cc2)S(=O)(=O)c2ccccc2)cc1. The van der Waals surface area contributed by atoms with Crippen LogP contribution in [0.15, 0.2) is 93.3 Å². The Morgan fingerprint density at radius 2 is 1.63 bits per heavy atom. The molecule has 0 bridgehead atoms. The fourth-order valence-corrected chi connectivity index (χ4v) is 4.35. The molecule has 1 N–H and O–H groups in total. The van der Waals surface area contributed by atoms with Gasteiger partial charge in [-0.25, -0.2) is 13.8 Å². The number of aryl methyl sites for hydroxylation is 1. The maximum atomic E-state index is 13.2. The zero-order chi connectivity index (χ0) is 21.6. The molecule has 0 aliphatic heterocycles. The van der Waals surface area contributed by atoms with Crippen LogP contribution in [-0.2, 0) is 14.8 Å². The summed E-state index contributed by atoms with van der Waals surface area (Å²) in [5.74, 6) is -0.552. The molecule has 0 saturated carbocycles. The molecule has 154 valence electrons. The Hall–Kier alpha value is -2.97. The minimum atomic E-state index is -3.93. The lowest BCUT2D eigenvalue weighted by Gasteiger charge is -2.23. The van der Waals surface area contributed by atoms with E-state index in [1.807, 2.05) is 31.2 Å². The first kappa shape index (κ1) is 21.7. The lowest BCUT2D eigenvalue weighted by Crippen LogP contribution is -2.39. The monoisotopic (exact) mass is 485 g/mol. The maximum absolute atomic E-state index is 13.2. The molecule has 0 heterocycles. The molecule has 0 unspecified atom stereocenters. The van der Waals surface area contributed by atoms with Gasteiger partial charge >= 0.3 is 0 Å². The van der Waals surface area contributed by atoms with E-state index >= 15 is 0 Å². The fraction of sp³-hybridized carbons (Fsp3) is 0.0909. The summed E-state index contributed by atoms with van der Waals surface area (Å²) < 4.78 is 28.4. The normalized spacial score (nSPS) is 11.4. The van der Waals surface area contributed by atoms with Crippen LogP contribution in [-0.4, -0.2) is 27.1 Å². The topological polar surface area (TPSA) is 78.8 Å². The summed E-state index contributed by atoms with van der Waals surface area (Å²) in [4.78, 5) is 12.6. The highest BCUT2D eigenvalue weighted by Gasteiger charge is 2.26. The average Bonchev–Trinajstić information content (AvgIpc) is 2.75. The number of benzene rings is 3. The molecule has 3 aromatic rings. The van der Waals surface area contributed by atoms with E-state index in [9.17, 15) is 13.2 Å². The summed E-state index contributed by atoms with van der Waals surface area (Å²) in [5.41, 5.74) is 4.58. The predicted octanol–water partition coefficient (Wildman–Crippen LogP) is 4.10. The van der Waals surface area contributed by atoms with Crippen molar-refractivity contribution in [2.24, 2.45) is 5.10 Å². The Kier molecular flexibility index (Phi) is 7.02. The quantitative estimate of drug-likeness (QED) is 0.404. The third-order valence-corrected chi connectivity index (χ3v) is 6.53. The lowest BCUT2D eigenvalue weighted by atomic mass is 10.2. The van der Waals surface area contributed by atoms with Gasteiger partial charge in [0.1, 0.15) is 6.54 Å². The van der Waals surface area contributed by atoms with Gasteiger partial charge in [-0.15, -0.1) is 0 Å². The van der Waals surface area contributed by atoms with Crippen LogP contribution in [0.3, 0.4) is 0 Å². The Balaban J connectivity index is 1.81. The summed E-state index contributed by atoms with van der Waals surface area (Å²) in [6.45, 7) is 1.50. The van der Waals surface area contributed by atoms with E-state index in [4.69, 9.17) is 0 Å². The summed E-state index contributed by atoms with van der Waals surface area (Å²) in [5, 5.41) is 3.93. The van der Waals surface area contributed by atoms with Gasteiger partial charge in [-0.1, -0.05) is 64.0 Å². The fourth-order valence-electron chi connectivity index (χ4n) is 2.64. The Morgan fingerprint density at radius 1 is 1.00 bits per heavy atom. The number of nitrogens with one attached hydrogen (secondary N) is 1. The molecule has 0 aliphatic carbocycles. The second-order valence-corrected chi connectivity index (χ2v) is 9.28. The van der Waals surface area contributed by atoms with Crippen molar-refractivity contribution in [1.29, 1.82) is 0 Å². The highest BCUT2D eigenvalue weighted by molar-refractivity contribution is 9.10. The van der Waals surface area contributed by atoms with Gasteiger partial charge in [0.05, 0.1) is 16.8 Å². The van der Waals surface area contributed by atoms with Crippen LogP contribution < -0.4 is 9.73 Å². The number of hydrogen-bond acceptors (Lipinski definition) is 4. The number of rotatable bonds is 7. The van der Waals surface area contributed by atoms with Crippen molar-refractivity contribution in [3.63, 3.8) is 0 Å². The molecule has 0 saturated heterocycles. The first-order chi connectivity index (χ1) is 14.4. The second kappa shape index (κ2) is 9.69. The molecule has 30 heavy (non-hydrogen) atoms. The van der Waals surface area contributed by atoms with Gasteiger partial charge in [-0.3, -0.25) is 9.10 Å². The van der Waals surface area contributed by atoms with Crippen LogP contribution in [0, 0.1) is 6.92 Å². The number of anilines is 1. The van der Waals surface area contributed by atoms with Gasteiger partial charge in [-0.2, -0.15) is 5.10 Å². The van der Waals surface area contributed by atoms with Crippen molar-refractivity contribution in [2.75, 3.05) is 10.8 Å². The highest BCUT2D eigenvalue weighted by Crippen LogP contribution is 2.23. The van der Waals surface area contributed by atoms with Crippen LogP contribution >= 0.6 is 15.9 Å². The van der Waals surface area contributed by atoms with Gasteiger partial charge in [0.15, 0.2) is 0 Å². The average molecular weight is 486 g/mol. The third kappa shape index (κ3) is 5.55. The molecule has 0 radical (unpaired) electrons. The number of nitrogens with zero attached hydrogens (tertiary/aromatic N) is 2. The molecule has 3 rings (SSSR count). The van der Waals surface area contributed by atoms with Crippen molar-refractivity contribution in [3.05, 3.63) is 94.5 Å². The molecule has 0 fully saturated rings. The summed E-state index contributed by atoms with van der Waals surface area (Å²) in [6.07, 6.45) is 1.49. The van der Waals surface area contributed by atoms with Gasteiger partial charge in [-0.05, 0) is 48.9 Å². The largest absolute Gasteiger partial charge is 0.271 e. The Bertz CT molecular complexity index is 1130.